The van der Waals surface area contributed by atoms with Crippen molar-refractivity contribution >= 4 is 12.0 Å². The molecule has 0 aromatic rings. The largest absolute Gasteiger partial charge is 0.444 e. The number of rotatable bonds is 2. The molecule has 5 nitrogen and oxygen atoms in total. The van der Waals surface area contributed by atoms with Crippen LogP contribution >= 0.6 is 0 Å². The summed E-state index contributed by atoms with van der Waals surface area (Å²) in [5.41, 5.74) is -0.528. The highest BCUT2D eigenvalue weighted by Crippen LogP contribution is 2.22. The van der Waals surface area contributed by atoms with Gasteiger partial charge in [0.1, 0.15) is 11.6 Å². The second-order valence-corrected chi connectivity index (χ2v) is 7.88. The van der Waals surface area contributed by atoms with Gasteiger partial charge >= 0.3 is 6.09 Å². The molecule has 0 aromatic heterocycles. The third kappa shape index (κ3) is 5.70. The van der Waals surface area contributed by atoms with Crippen molar-refractivity contribution in [1.82, 2.24) is 10.2 Å². The summed E-state index contributed by atoms with van der Waals surface area (Å²) in [7, 11) is 0. The van der Waals surface area contributed by atoms with Gasteiger partial charge in [0.25, 0.3) is 0 Å². The van der Waals surface area contributed by atoms with Crippen LogP contribution in [0.2, 0.25) is 0 Å². The molecule has 0 unspecified atom stereocenters. The molecule has 2 aliphatic rings. The van der Waals surface area contributed by atoms with Gasteiger partial charge in [-0.2, -0.15) is 0 Å². The zero-order chi connectivity index (χ0) is 16.9. The first-order chi connectivity index (χ1) is 10.9. The van der Waals surface area contributed by atoms with Crippen LogP contribution in [0.25, 0.3) is 0 Å². The minimum absolute atomic E-state index is 0.000988. The molecular weight excluding hydrogens is 292 g/mol. The Hall–Kier alpha value is -1.26. The lowest BCUT2D eigenvalue weighted by atomic mass is 9.96. The van der Waals surface area contributed by atoms with Crippen molar-refractivity contribution in [2.24, 2.45) is 0 Å². The lowest BCUT2D eigenvalue weighted by molar-refractivity contribution is -0.126. The number of hydrogen-bond donors (Lipinski definition) is 1. The van der Waals surface area contributed by atoms with E-state index in [0.29, 0.717) is 6.54 Å². The summed E-state index contributed by atoms with van der Waals surface area (Å²) in [6, 6.07) is -0.0980. The van der Waals surface area contributed by atoms with E-state index in [-0.39, 0.29) is 24.1 Å². The number of carbonyl (C=O) groups is 2. The van der Waals surface area contributed by atoms with E-state index in [2.05, 4.69) is 5.32 Å². The van der Waals surface area contributed by atoms with Crippen molar-refractivity contribution in [1.29, 1.82) is 0 Å². The summed E-state index contributed by atoms with van der Waals surface area (Å²) in [5.74, 6) is -0.000988. The number of likely N-dealkylation sites (tertiary alicyclic amines) is 1. The van der Waals surface area contributed by atoms with Crippen molar-refractivity contribution in [3.8, 4) is 0 Å². The third-order valence-electron chi connectivity index (χ3n) is 4.64. The van der Waals surface area contributed by atoms with Crippen LogP contribution in [0, 0.1) is 0 Å². The zero-order valence-electron chi connectivity index (χ0n) is 14.9. The van der Waals surface area contributed by atoms with Crippen molar-refractivity contribution in [3.05, 3.63) is 0 Å². The van der Waals surface area contributed by atoms with Crippen LogP contribution < -0.4 is 5.32 Å². The summed E-state index contributed by atoms with van der Waals surface area (Å²) in [4.78, 5) is 26.5. The minimum Gasteiger partial charge on any atom is -0.444 e. The van der Waals surface area contributed by atoms with Gasteiger partial charge < -0.3 is 10.1 Å². The Bertz CT molecular complexity index is 409. The molecule has 2 fully saturated rings. The van der Waals surface area contributed by atoms with Crippen molar-refractivity contribution in [2.75, 3.05) is 6.54 Å². The van der Waals surface area contributed by atoms with E-state index in [1.165, 1.54) is 32.1 Å². The Morgan fingerprint density at radius 2 is 1.57 bits per heavy atom. The lowest BCUT2D eigenvalue weighted by Gasteiger charge is -2.29. The van der Waals surface area contributed by atoms with Gasteiger partial charge in [0.2, 0.25) is 5.91 Å². The maximum atomic E-state index is 12.6. The molecule has 1 aliphatic carbocycles. The number of nitrogens with one attached hydrogen (secondary N) is 1. The number of ether oxygens (including phenoxy) is 1. The predicted octanol–water partition coefficient (Wildman–Crippen LogP) is 3.62. The van der Waals surface area contributed by atoms with E-state index in [0.717, 1.165) is 25.7 Å². The fourth-order valence-electron chi connectivity index (χ4n) is 3.48. The van der Waals surface area contributed by atoms with Crippen molar-refractivity contribution in [2.45, 2.75) is 96.2 Å². The maximum absolute atomic E-state index is 12.6. The molecule has 23 heavy (non-hydrogen) atoms. The fraction of sp³-hybridized carbons (Fsp3) is 0.889. The molecule has 0 radical (unpaired) electrons. The van der Waals surface area contributed by atoms with E-state index >= 15 is 0 Å². The third-order valence-corrected chi connectivity index (χ3v) is 4.64. The number of hydrogen-bond acceptors (Lipinski definition) is 3. The Balaban J connectivity index is 1.90. The molecule has 1 atom stereocenters. The van der Waals surface area contributed by atoms with Crippen molar-refractivity contribution in [3.63, 3.8) is 0 Å². The summed E-state index contributed by atoms with van der Waals surface area (Å²) < 4.78 is 5.44. The molecule has 0 spiro atoms. The highest BCUT2D eigenvalue weighted by atomic mass is 16.6. The standard InChI is InChI=1S/C18H32N2O3/c1-18(2,3)23-17(22)20-13-9-12-15(20)16(21)19-14-10-7-5-4-6-8-11-14/h14-15H,4-13H2,1-3H3,(H,19,21)/t15-/m1/s1. The van der Waals surface area contributed by atoms with Gasteiger partial charge in [0.05, 0.1) is 0 Å². The molecule has 132 valence electrons. The Kier molecular flexibility index (Phi) is 6.31. The fourth-order valence-corrected chi connectivity index (χ4v) is 3.48. The SMILES string of the molecule is CC(C)(C)OC(=O)N1CCC[C@@H]1C(=O)NC1CCCCCCC1. The van der Waals surface area contributed by atoms with Gasteiger partial charge in [-0.1, -0.05) is 32.1 Å². The Morgan fingerprint density at radius 1 is 0.957 bits per heavy atom. The summed E-state index contributed by atoms with van der Waals surface area (Å²) in [5, 5.41) is 3.19. The zero-order valence-corrected chi connectivity index (χ0v) is 14.9. The Morgan fingerprint density at radius 3 is 2.17 bits per heavy atom. The van der Waals surface area contributed by atoms with Gasteiger partial charge in [-0.05, 0) is 46.5 Å². The normalized spacial score (nSPS) is 24.0. The van der Waals surface area contributed by atoms with Gasteiger partial charge in [0.15, 0.2) is 0 Å². The van der Waals surface area contributed by atoms with Crippen LogP contribution in [-0.2, 0) is 9.53 Å². The van der Waals surface area contributed by atoms with Crippen molar-refractivity contribution < 1.29 is 14.3 Å². The summed E-state index contributed by atoms with van der Waals surface area (Å²) in [6.07, 6.45) is 9.56. The van der Waals surface area contributed by atoms with E-state index in [4.69, 9.17) is 4.74 Å². The molecule has 1 aliphatic heterocycles. The molecule has 2 amide bonds. The maximum Gasteiger partial charge on any atom is 0.410 e. The number of carbonyl (C=O) groups excluding carboxylic acids is 2. The first-order valence-electron chi connectivity index (χ1n) is 9.17. The van der Waals surface area contributed by atoms with Crippen LogP contribution in [-0.4, -0.2) is 41.1 Å². The molecule has 0 aromatic carbocycles. The smallest absolute Gasteiger partial charge is 0.410 e. The topological polar surface area (TPSA) is 58.6 Å². The van der Waals surface area contributed by atoms with Gasteiger partial charge in [0, 0.05) is 12.6 Å². The van der Waals surface area contributed by atoms with Gasteiger partial charge in [-0.25, -0.2) is 4.79 Å². The number of nitrogens with zero attached hydrogens (tertiary/aromatic N) is 1. The lowest BCUT2D eigenvalue weighted by Crippen LogP contribution is -2.50. The number of amides is 2. The van der Waals surface area contributed by atoms with Crippen LogP contribution in [0.5, 0.6) is 0 Å². The highest BCUT2D eigenvalue weighted by Gasteiger charge is 2.37. The summed E-state index contributed by atoms with van der Waals surface area (Å²) in [6.45, 7) is 6.16. The van der Waals surface area contributed by atoms with E-state index in [9.17, 15) is 9.59 Å². The first-order valence-corrected chi connectivity index (χ1v) is 9.17. The average molecular weight is 324 g/mol. The second kappa shape index (κ2) is 8.02. The average Bonchev–Trinajstić information content (AvgIpc) is 2.89. The first kappa shape index (κ1) is 18.1. The predicted molar refractivity (Wildman–Crippen MR) is 90.2 cm³/mol. The van der Waals surface area contributed by atoms with E-state index in [1.807, 2.05) is 20.8 Å². The summed E-state index contributed by atoms with van der Waals surface area (Å²) >= 11 is 0. The van der Waals surface area contributed by atoms with Crippen LogP contribution in [0.3, 0.4) is 0 Å². The monoisotopic (exact) mass is 324 g/mol. The Labute approximate surface area is 140 Å². The quantitative estimate of drug-likeness (QED) is 0.844. The van der Waals surface area contributed by atoms with E-state index < -0.39 is 5.60 Å². The molecule has 1 saturated heterocycles. The molecule has 1 heterocycles. The van der Waals surface area contributed by atoms with Crippen LogP contribution in [0.4, 0.5) is 4.79 Å². The minimum atomic E-state index is -0.528. The molecule has 5 heteroatoms. The molecule has 2 rings (SSSR count). The molecular formula is C18H32N2O3. The molecule has 1 N–H and O–H groups in total. The second-order valence-electron chi connectivity index (χ2n) is 7.88. The van der Waals surface area contributed by atoms with Crippen LogP contribution in [0.1, 0.15) is 78.6 Å². The highest BCUT2D eigenvalue weighted by molar-refractivity contribution is 5.86. The molecule has 0 bridgehead atoms. The molecule has 1 saturated carbocycles. The van der Waals surface area contributed by atoms with E-state index in [1.54, 1.807) is 4.90 Å². The van der Waals surface area contributed by atoms with Gasteiger partial charge in [-0.3, -0.25) is 9.69 Å². The van der Waals surface area contributed by atoms with Gasteiger partial charge in [-0.15, -0.1) is 0 Å². The van der Waals surface area contributed by atoms with Crippen LogP contribution in [0.15, 0.2) is 0 Å².